The molecule has 0 spiro atoms. The minimum atomic E-state index is 0.559. The summed E-state index contributed by atoms with van der Waals surface area (Å²) in [7, 11) is 1.52. The van der Waals surface area contributed by atoms with E-state index >= 15 is 0 Å². The van der Waals surface area contributed by atoms with E-state index < -0.39 is 0 Å². The van der Waals surface area contributed by atoms with E-state index in [9.17, 15) is 0 Å². The molecule has 1 N–H and O–H groups in total. The zero-order valence-corrected chi connectivity index (χ0v) is 7.22. The molecular formula is C8H7ClN2O. The van der Waals surface area contributed by atoms with Crippen LogP contribution in [-0.2, 0) is 0 Å². The Kier molecular flexibility index (Phi) is 2.78. The van der Waals surface area contributed by atoms with E-state index in [1.165, 1.54) is 7.11 Å². The smallest absolute Gasteiger partial charge is 0.181 e. The summed E-state index contributed by atoms with van der Waals surface area (Å²) in [6.07, 6.45) is 1.81. The van der Waals surface area contributed by atoms with Crippen molar-refractivity contribution in [3.8, 4) is 11.9 Å². The van der Waals surface area contributed by atoms with Crippen LogP contribution in [0.2, 0.25) is 5.02 Å². The molecule has 0 aromatic heterocycles. The van der Waals surface area contributed by atoms with Gasteiger partial charge in [0.2, 0.25) is 0 Å². The molecule has 0 saturated carbocycles. The molecule has 0 amide bonds. The number of nitrogens with zero attached hydrogens (tertiary/aromatic N) is 1. The second-order valence-electron chi connectivity index (χ2n) is 2.08. The lowest BCUT2D eigenvalue weighted by Gasteiger charge is -2.05. The van der Waals surface area contributed by atoms with E-state index in [2.05, 4.69) is 5.32 Å². The number of nitrogens with one attached hydrogen (secondary N) is 1. The first-order valence-electron chi connectivity index (χ1n) is 3.26. The van der Waals surface area contributed by atoms with Gasteiger partial charge in [0, 0.05) is 11.1 Å². The molecule has 0 unspecified atom stereocenters. The van der Waals surface area contributed by atoms with Gasteiger partial charge in [-0.2, -0.15) is 5.26 Å². The van der Waals surface area contributed by atoms with Crippen molar-refractivity contribution in [1.29, 1.82) is 5.26 Å². The molecule has 1 aromatic rings. The molecule has 4 heteroatoms. The minimum Gasteiger partial charge on any atom is -0.495 e. The highest BCUT2D eigenvalue weighted by Gasteiger charge is 2.01. The normalized spacial score (nSPS) is 8.75. The van der Waals surface area contributed by atoms with Gasteiger partial charge in [0.15, 0.2) is 6.19 Å². The Morgan fingerprint density at radius 3 is 2.92 bits per heavy atom. The lowest BCUT2D eigenvalue weighted by atomic mass is 10.3. The number of halogens is 1. The van der Waals surface area contributed by atoms with Gasteiger partial charge in [0.05, 0.1) is 12.8 Å². The van der Waals surface area contributed by atoms with Crippen LogP contribution in [0, 0.1) is 11.5 Å². The quantitative estimate of drug-likeness (QED) is 0.564. The largest absolute Gasteiger partial charge is 0.495 e. The third kappa shape index (κ3) is 1.80. The fourth-order valence-electron chi connectivity index (χ4n) is 0.829. The van der Waals surface area contributed by atoms with Crippen LogP contribution in [-0.4, -0.2) is 7.11 Å². The predicted octanol–water partition coefficient (Wildman–Crippen LogP) is 2.24. The number of rotatable bonds is 2. The summed E-state index contributed by atoms with van der Waals surface area (Å²) in [4.78, 5) is 0. The highest BCUT2D eigenvalue weighted by atomic mass is 35.5. The minimum absolute atomic E-state index is 0.559. The molecule has 1 aromatic carbocycles. The summed E-state index contributed by atoms with van der Waals surface area (Å²) in [6, 6.07) is 5.01. The summed E-state index contributed by atoms with van der Waals surface area (Å²) in [5, 5.41) is 11.4. The van der Waals surface area contributed by atoms with Gasteiger partial charge in [-0.05, 0) is 12.1 Å². The predicted molar refractivity (Wildman–Crippen MR) is 47.2 cm³/mol. The molecule has 12 heavy (non-hydrogen) atoms. The van der Waals surface area contributed by atoms with Gasteiger partial charge in [-0.1, -0.05) is 11.6 Å². The highest BCUT2D eigenvalue weighted by Crippen LogP contribution is 2.27. The van der Waals surface area contributed by atoms with Crippen molar-refractivity contribution in [2.45, 2.75) is 0 Å². The zero-order chi connectivity index (χ0) is 8.97. The first-order valence-corrected chi connectivity index (χ1v) is 3.64. The van der Waals surface area contributed by atoms with Gasteiger partial charge in [0.25, 0.3) is 0 Å². The van der Waals surface area contributed by atoms with Gasteiger partial charge >= 0.3 is 0 Å². The van der Waals surface area contributed by atoms with Gasteiger partial charge in [0.1, 0.15) is 5.75 Å². The Morgan fingerprint density at radius 1 is 1.58 bits per heavy atom. The van der Waals surface area contributed by atoms with Crippen molar-refractivity contribution in [2.75, 3.05) is 12.4 Å². The maximum atomic E-state index is 8.36. The molecule has 0 bridgehead atoms. The fraction of sp³-hybridized carbons (Fsp3) is 0.125. The monoisotopic (exact) mass is 182 g/mol. The standard InChI is InChI=1S/C8H7ClN2O/c1-12-8-4-6(9)2-3-7(8)11-5-10/h2-4,11H,1H3. The van der Waals surface area contributed by atoms with Crippen LogP contribution in [0.3, 0.4) is 0 Å². The molecule has 0 radical (unpaired) electrons. The van der Waals surface area contributed by atoms with Crippen molar-refractivity contribution in [2.24, 2.45) is 0 Å². The Morgan fingerprint density at radius 2 is 2.33 bits per heavy atom. The molecule has 0 fully saturated rings. The topological polar surface area (TPSA) is 45.0 Å². The number of hydrogen-bond acceptors (Lipinski definition) is 3. The second-order valence-corrected chi connectivity index (χ2v) is 2.52. The number of benzene rings is 1. The molecule has 0 aliphatic heterocycles. The first-order chi connectivity index (χ1) is 5.77. The van der Waals surface area contributed by atoms with Gasteiger partial charge < -0.3 is 4.74 Å². The molecular weight excluding hydrogens is 176 g/mol. The Bertz CT molecular complexity index is 319. The summed E-state index contributed by atoms with van der Waals surface area (Å²) in [5.41, 5.74) is 0.615. The van der Waals surface area contributed by atoms with E-state index in [1.54, 1.807) is 24.4 Å². The van der Waals surface area contributed by atoms with Crippen LogP contribution >= 0.6 is 11.6 Å². The maximum Gasteiger partial charge on any atom is 0.181 e. The Balaban J connectivity index is 3.04. The summed E-state index contributed by atoms with van der Waals surface area (Å²) in [5.74, 6) is 0.559. The van der Waals surface area contributed by atoms with Gasteiger partial charge in [-0.15, -0.1) is 0 Å². The molecule has 1 rings (SSSR count). The number of anilines is 1. The Hall–Kier alpha value is -1.40. The van der Waals surface area contributed by atoms with E-state index in [0.717, 1.165) is 0 Å². The number of methoxy groups -OCH3 is 1. The van der Waals surface area contributed by atoms with Crippen molar-refractivity contribution in [3.05, 3.63) is 23.2 Å². The SMILES string of the molecule is COc1cc(Cl)ccc1NC#N. The fourth-order valence-corrected chi connectivity index (χ4v) is 0.991. The summed E-state index contributed by atoms with van der Waals surface area (Å²) < 4.78 is 4.98. The van der Waals surface area contributed by atoms with Crippen LogP contribution in [0.4, 0.5) is 5.69 Å². The molecule has 0 heterocycles. The van der Waals surface area contributed by atoms with E-state index in [0.29, 0.717) is 16.5 Å². The van der Waals surface area contributed by atoms with E-state index in [4.69, 9.17) is 21.6 Å². The zero-order valence-electron chi connectivity index (χ0n) is 6.47. The van der Waals surface area contributed by atoms with Crippen LogP contribution in [0.15, 0.2) is 18.2 Å². The van der Waals surface area contributed by atoms with Crippen LogP contribution < -0.4 is 10.1 Å². The molecule has 0 aliphatic carbocycles. The van der Waals surface area contributed by atoms with Crippen molar-refractivity contribution in [3.63, 3.8) is 0 Å². The van der Waals surface area contributed by atoms with Crippen LogP contribution in [0.1, 0.15) is 0 Å². The molecule has 62 valence electrons. The molecule has 0 aliphatic rings. The summed E-state index contributed by atoms with van der Waals surface area (Å²) >= 11 is 5.71. The maximum absolute atomic E-state index is 8.36. The van der Waals surface area contributed by atoms with E-state index in [1.807, 2.05) is 0 Å². The molecule has 3 nitrogen and oxygen atoms in total. The lowest BCUT2D eigenvalue weighted by Crippen LogP contribution is -1.92. The van der Waals surface area contributed by atoms with Crippen molar-refractivity contribution >= 4 is 17.3 Å². The molecule has 0 atom stereocenters. The van der Waals surface area contributed by atoms with Crippen LogP contribution in [0.25, 0.3) is 0 Å². The van der Waals surface area contributed by atoms with Crippen LogP contribution in [0.5, 0.6) is 5.75 Å². The number of hydrogen-bond donors (Lipinski definition) is 1. The third-order valence-electron chi connectivity index (χ3n) is 1.35. The highest BCUT2D eigenvalue weighted by molar-refractivity contribution is 6.30. The molecule has 0 saturated heterocycles. The van der Waals surface area contributed by atoms with Crippen molar-refractivity contribution in [1.82, 2.24) is 0 Å². The average molecular weight is 183 g/mol. The van der Waals surface area contributed by atoms with Gasteiger partial charge in [-0.25, -0.2) is 0 Å². The van der Waals surface area contributed by atoms with E-state index in [-0.39, 0.29) is 0 Å². The Labute approximate surface area is 75.5 Å². The third-order valence-corrected chi connectivity index (χ3v) is 1.59. The average Bonchev–Trinajstić information content (AvgIpc) is 2.08. The van der Waals surface area contributed by atoms with Crippen molar-refractivity contribution < 1.29 is 4.74 Å². The number of ether oxygens (including phenoxy) is 1. The summed E-state index contributed by atoms with van der Waals surface area (Å²) in [6.45, 7) is 0. The first kappa shape index (κ1) is 8.69. The second kappa shape index (κ2) is 3.84. The number of nitriles is 1. The lowest BCUT2D eigenvalue weighted by molar-refractivity contribution is 0.417. The van der Waals surface area contributed by atoms with Gasteiger partial charge in [-0.3, -0.25) is 5.32 Å².